The Kier molecular flexibility index (Phi) is 4.56. The van der Waals surface area contributed by atoms with E-state index in [1.807, 2.05) is 0 Å². The minimum Gasteiger partial charge on any atom is -0.480 e. The molecule has 2 aromatic rings. The lowest BCUT2D eigenvalue weighted by Gasteiger charge is -2.15. The third-order valence-electron chi connectivity index (χ3n) is 3.50. The summed E-state index contributed by atoms with van der Waals surface area (Å²) in [5.74, 6) is 1.45. The highest BCUT2D eigenvalue weighted by Gasteiger charge is 2.26. The van der Waals surface area contributed by atoms with Crippen LogP contribution in [0.15, 0.2) is 41.0 Å². The lowest BCUT2D eigenvalue weighted by Crippen LogP contribution is -2.29. The van der Waals surface area contributed by atoms with Gasteiger partial charge in [0.1, 0.15) is 11.9 Å². The second-order valence-corrected chi connectivity index (χ2v) is 5.08. The average molecular weight is 315 g/mol. The number of hydrogen-bond donors (Lipinski definition) is 0. The first-order chi connectivity index (χ1) is 11.2. The summed E-state index contributed by atoms with van der Waals surface area (Å²) in [4.78, 5) is 13.9. The van der Waals surface area contributed by atoms with Crippen LogP contribution in [0, 0.1) is 0 Å². The van der Waals surface area contributed by atoms with E-state index in [1.165, 1.54) is 13.2 Å². The monoisotopic (exact) mass is 315 g/mol. The summed E-state index contributed by atoms with van der Waals surface area (Å²) in [5, 5.41) is 7.78. The van der Waals surface area contributed by atoms with E-state index in [1.54, 1.807) is 41.5 Å². The van der Waals surface area contributed by atoms with Gasteiger partial charge in [0, 0.05) is 31.2 Å². The van der Waals surface area contributed by atoms with Crippen molar-refractivity contribution in [3.05, 3.63) is 42.4 Å². The lowest BCUT2D eigenvalue weighted by atomic mass is 10.3. The molecule has 1 aliphatic heterocycles. The van der Waals surface area contributed by atoms with Gasteiger partial charge in [0.25, 0.3) is 0 Å². The van der Waals surface area contributed by atoms with Crippen molar-refractivity contribution >= 4 is 12.0 Å². The van der Waals surface area contributed by atoms with E-state index in [2.05, 4.69) is 10.2 Å². The van der Waals surface area contributed by atoms with E-state index < -0.39 is 0 Å². The number of aromatic nitrogens is 2. The molecular formula is C16H17N3O4. The Balaban J connectivity index is 1.52. The fourth-order valence-corrected chi connectivity index (χ4v) is 2.32. The Morgan fingerprint density at radius 1 is 1.35 bits per heavy atom. The molecule has 0 bridgehead atoms. The molecule has 3 rings (SSSR count). The molecule has 1 saturated heterocycles. The maximum Gasteiger partial charge on any atom is 0.246 e. The molecule has 0 radical (unpaired) electrons. The molecule has 0 aliphatic carbocycles. The number of carbonyl (C=O) groups is 1. The third kappa shape index (κ3) is 3.88. The van der Waals surface area contributed by atoms with E-state index in [4.69, 9.17) is 13.9 Å². The van der Waals surface area contributed by atoms with Crippen LogP contribution in [0.3, 0.4) is 0 Å². The normalized spacial score (nSPS) is 17.6. The fourth-order valence-electron chi connectivity index (χ4n) is 2.32. The van der Waals surface area contributed by atoms with Crippen LogP contribution in [0.4, 0.5) is 0 Å². The van der Waals surface area contributed by atoms with Crippen LogP contribution in [0.5, 0.6) is 11.8 Å². The van der Waals surface area contributed by atoms with Gasteiger partial charge >= 0.3 is 0 Å². The highest BCUT2D eigenvalue weighted by Crippen LogP contribution is 2.18. The predicted octanol–water partition coefficient (Wildman–Crippen LogP) is 1.77. The summed E-state index contributed by atoms with van der Waals surface area (Å²) in [6.45, 7) is 1.17. The van der Waals surface area contributed by atoms with Crippen molar-refractivity contribution < 1.29 is 18.7 Å². The molecule has 0 N–H and O–H groups in total. The lowest BCUT2D eigenvalue weighted by molar-refractivity contribution is -0.125. The number of methoxy groups -OCH3 is 1. The van der Waals surface area contributed by atoms with Crippen molar-refractivity contribution in [2.45, 2.75) is 12.5 Å². The van der Waals surface area contributed by atoms with Gasteiger partial charge in [-0.05, 0) is 18.2 Å². The van der Waals surface area contributed by atoms with E-state index in [0.717, 1.165) is 6.42 Å². The zero-order valence-electron chi connectivity index (χ0n) is 12.7. The van der Waals surface area contributed by atoms with Crippen LogP contribution in [-0.4, -0.2) is 47.3 Å². The maximum absolute atomic E-state index is 12.1. The summed E-state index contributed by atoms with van der Waals surface area (Å²) in [7, 11) is 1.53. The van der Waals surface area contributed by atoms with Crippen molar-refractivity contribution in [3.63, 3.8) is 0 Å². The van der Waals surface area contributed by atoms with Crippen molar-refractivity contribution in [3.8, 4) is 11.8 Å². The molecule has 7 nitrogen and oxygen atoms in total. The minimum atomic E-state index is -0.0846. The molecule has 0 saturated carbocycles. The Morgan fingerprint density at radius 2 is 2.17 bits per heavy atom. The van der Waals surface area contributed by atoms with Crippen LogP contribution in [-0.2, 0) is 4.79 Å². The van der Waals surface area contributed by atoms with Gasteiger partial charge < -0.3 is 18.8 Å². The van der Waals surface area contributed by atoms with Gasteiger partial charge in [-0.1, -0.05) is 0 Å². The predicted molar refractivity (Wildman–Crippen MR) is 81.9 cm³/mol. The second-order valence-electron chi connectivity index (χ2n) is 5.08. The number of hydrogen-bond acceptors (Lipinski definition) is 6. The molecule has 23 heavy (non-hydrogen) atoms. The van der Waals surface area contributed by atoms with Crippen LogP contribution in [0.1, 0.15) is 12.2 Å². The Hall–Kier alpha value is -2.83. The molecular weight excluding hydrogens is 298 g/mol. The first kappa shape index (κ1) is 15.1. The molecule has 1 atom stereocenters. The van der Waals surface area contributed by atoms with Crippen LogP contribution >= 0.6 is 0 Å². The molecule has 1 fully saturated rings. The van der Waals surface area contributed by atoms with Gasteiger partial charge in [-0.3, -0.25) is 4.79 Å². The van der Waals surface area contributed by atoms with Gasteiger partial charge in [0.15, 0.2) is 0 Å². The van der Waals surface area contributed by atoms with Crippen molar-refractivity contribution in [2.75, 3.05) is 20.2 Å². The zero-order chi connectivity index (χ0) is 16.1. The summed E-state index contributed by atoms with van der Waals surface area (Å²) >= 11 is 0. The van der Waals surface area contributed by atoms with Gasteiger partial charge in [0.05, 0.1) is 19.9 Å². The molecule has 3 heterocycles. The summed E-state index contributed by atoms with van der Waals surface area (Å²) in [6, 6.07) is 6.96. The van der Waals surface area contributed by atoms with Crippen LogP contribution in [0.2, 0.25) is 0 Å². The number of likely N-dealkylation sites (tertiary alicyclic amines) is 1. The van der Waals surface area contributed by atoms with E-state index in [9.17, 15) is 4.79 Å². The number of carbonyl (C=O) groups excluding carboxylic acids is 1. The van der Waals surface area contributed by atoms with Gasteiger partial charge in [0.2, 0.25) is 17.7 Å². The Morgan fingerprint density at radius 3 is 2.87 bits per heavy atom. The topological polar surface area (TPSA) is 77.7 Å². The second kappa shape index (κ2) is 6.95. The number of rotatable bonds is 5. The fraction of sp³-hybridized carbons (Fsp3) is 0.312. The van der Waals surface area contributed by atoms with Crippen LogP contribution in [0.25, 0.3) is 6.08 Å². The number of amides is 1. The number of ether oxygens (including phenoxy) is 2. The number of nitrogens with zero attached hydrogens (tertiary/aromatic N) is 3. The third-order valence-corrected chi connectivity index (χ3v) is 3.50. The zero-order valence-corrected chi connectivity index (χ0v) is 12.7. The first-order valence-corrected chi connectivity index (χ1v) is 7.29. The van der Waals surface area contributed by atoms with Gasteiger partial charge in [-0.25, -0.2) is 0 Å². The van der Waals surface area contributed by atoms with E-state index in [0.29, 0.717) is 30.6 Å². The molecule has 120 valence electrons. The van der Waals surface area contributed by atoms with Crippen molar-refractivity contribution in [2.24, 2.45) is 0 Å². The summed E-state index contributed by atoms with van der Waals surface area (Å²) in [6.07, 6.45) is 5.41. The molecule has 7 heteroatoms. The smallest absolute Gasteiger partial charge is 0.246 e. The van der Waals surface area contributed by atoms with Gasteiger partial charge in [-0.15, -0.1) is 10.2 Å². The van der Waals surface area contributed by atoms with E-state index >= 15 is 0 Å². The summed E-state index contributed by atoms with van der Waals surface area (Å²) in [5.41, 5.74) is 0. The summed E-state index contributed by atoms with van der Waals surface area (Å²) < 4.78 is 15.8. The Labute approximate surface area is 133 Å². The van der Waals surface area contributed by atoms with E-state index in [-0.39, 0.29) is 12.0 Å². The Bertz CT molecular complexity index is 667. The number of furan rings is 1. The standard InChI is InChI=1S/C16H17N3O4/c1-21-14-5-6-15(18-17-14)23-13-8-9-19(11-13)16(20)7-4-12-3-2-10-22-12/h2-7,10,13H,8-9,11H2,1H3/b7-4+. The quantitative estimate of drug-likeness (QED) is 0.783. The molecule has 2 aromatic heterocycles. The first-order valence-electron chi connectivity index (χ1n) is 7.29. The van der Waals surface area contributed by atoms with Crippen molar-refractivity contribution in [1.82, 2.24) is 15.1 Å². The minimum absolute atomic E-state index is 0.0617. The van der Waals surface area contributed by atoms with Gasteiger partial charge in [-0.2, -0.15) is 0 Å². The highest BCUT2D eigenvalue weighted by atomic mass is 16.5. The maximum atomic E-state index is 12.1. The molecule has 0 spiro atoms. The molecule has 1 unspecified atom stereocenters. The van der Waals surface area contributed by atoms with Crippen LogP contribution < -0.4 is 9.47 Å². The SMILES string of the molecule is COc1ccc(OC2CCN(C(=O)/C=C/c3ccco3)C2)nn1. The molecule has 0 aromatic carbocycles. The highest BCUT2D eigenvalue weighted by molar-refractivity contribution is 5.91. The van der Waals surface area contributed by atoms with Crippen molar-refractivity contribution in [1.29, 1.82) is 0 Å². The molecule has 1 aliphatic rings. The largest absolute Gasteiger partial charge is 0.480 e. The molecule has 1 amide bonds. The average Bonchev–Trinajstić information content (AvgIpc) is 3.25.